The maximum Gasteiger partial charge on any atom is 0.248 e. The minimum atomic E-state index is -0.913. The van der Waals surface area contributed by atoms with E-state index in [-0.39, 0.29) is 23.3 Å². The van der Waals surface area contributed by atoms with Gasteiger partial charge >= 0.3 is 0 Å². The van der Waals surface area contributed by atoms with Crippen molar-refractivity contribution in [3.63, 3.8) is 0 Å². The Balaban J connectivity index is 2.43. The lowest BCUT2D eigenvalue weighted by Crippen LogP contribution is -2.30. The predicted octanol–water partition coefficient (Wildman–Crippen LogP) is 3.29. The number of hydrogen-bond donors (Lipinski definition) is 2. The Morgan fingerprint density at radius 1 is 1.19 bits per heavy atom. The van der Waals surface area contributed by atoms with Crippen LogP contribution in [0.15, 0.2) is 36.5 Å². The highest BCUT2D eigenvalue weighted by atomic mass is 35.5. The number of hydrogen-bond acceptors (Lipinski definition) is 4. The summed E-state index contributed by atoms with van der Waals surface area (Å²) in [6.45, 7) is 5.42. The number of nitrogens with zero attached hydrogens (tertiary/aromatic N) is 2. The summed E-state index contributed by atoms with van der Waals surface area (Å²) in [6, 6.07) is 8.28. The summed E-state index contributed by atoms with van der Waals surface area (Å²) in [5.74, 6) is -1.28. The van der Waals surface area contributed by atoms with Gasteiger partial charge in [-0.25, -0.2) is 0 Å². The molecule has 0 radical (unpaired) electrons. The molecule has 0 saturated carbocycles. The predicted molar refractivity (Wildman–Crippen MR) is 106 cm³/mol. The molecule has 6 nitrogen and oxygen atoms in total. The van der Waals surface area contributed by atoms with Gasteiger partial charge in [0.05, 0.1) is 10.7 Å². The molecule has 3 N–H and O–H groups in total. The van der Waals surface area contributed by atoms with Gasteiger partial charge < -0.3 is 15.7 Å². The molecule has 0 aliphatic heterocycles. The molecular formula is C20H24ClN3O3. The average molecular weight is 390 g/mol. The van der Waals surface area contributed by atoms with Crippen LogP contribution >= 0.6 is 11.6 Å². The van der Waals surface area contributed by atoms with Gasteiger partial charge in [-0.05, 0) is 35.9 Å². The Kier molecular flexibility index (Phi) is 6.57. The monoisotopic (exact) mass is 389 g/mol. The van der Waals surface area contributed by atoms with Crippen LogP contribution in [0.4, 0.5) is 5.69 Å². The first kappa shape index (κ1) is 20.9. The Morgan fingerprint density at radius 2 is 1.85 bits per heavy atom. The fourth-order valence-corrected chi connectivity index (χ4v) is 2.86. The molecule has 2 amide bonds. The standard InChI is InChI=1S/C20H24ClN3O3/c1-11(2)20(27)24(4)16-8-13(7-14(9-16)19(22)26)12(3)18(25)17-6-5-15(21)10-23-17/h5-12,18,25H,1-4H3,(H2,22,26). The van der Waals surface area contributed by atoms with Crippen LogP contribution in [0.2, 0.25) is 5.02 Å². The number of primary amides is 1. The van der Waals surface area contributed by atoms with Crippen molar-refractivity contribution in [2.24, 2.45) is 11.7 Å². The zero-order chi connectivity index (χ0) is 20.3. The molecule has 0 saturated heterocycles. The number of nitrogens with two attached hydrogens (primary N) is 1. The number of halogens is 1. The van der Waals surface area contributed by atoms with Crippen molar-refractivity contribution in [1.82, 2.24) is 4.98 Å². The molecule has 0 fully saturated rings. The summed E-state index contributed by atoms with van der Waals surface area (Å²) in [5.41, 5.74) is 7.41. The van der Waals surface area contributed by atoms with Gasteiger partial charge in [0.2, 0.25) is 11.8 Å². The van der Waals surface area contributed by atoms with Gasteiger partial charge in [-0.15, -0.1) is 0 Å². The second-order valence-corrected chi connectivity index (χ2v) is 7.30. The van der Waals surface area contributed by atoms with Crippen molar-refractivity contribution in [2.75, 3.05) is 11.9 Å². The maximum absolute atomic E-state index is 12.3. The van der Waals surface area contributed by atoms with E-state index in [1.54, 1.807) is 51.2 Å². The number of aliphatic hydroxyl groups excluding tert-OH is 1. The zero-order valence-corrected chi connectivity index (χ0v) is 16.6. The van der Waals surface area contributed by atoms with Gasteiger partial charge in [0.15, 0.2) is 0 Å². The molecule has 0 aliphatic rings. The summed E-state index contributed by atoms with van der Waals surface area (Å²) in [5, 5.41) is 11.2. The molecule has 2 aromatic rings. The fourth-order valence-electron chi connectivity index (χ4n) is 2.75. The molecule has 0 bridgehead atoms. The van der Waals surface area contributed by atoms with E-state index >= 15 is 0 Å². The van der Waals surface area contributed by atoms with Crippen molar-refractivity contribution in [3.8, 4) is 0 Å². The second-order valence-electron chi connectivity index (χ2n) is 6.86. The first-order chi connectivity index (χ1) is 12.6. The Bertz CT molecular complexity index is 837. The molecule has 0 spiro atoms. The largest absolute Gasteiger partial charge is 0.386 e. The molecule has 1 aromatic heterocycles. The first-order valence-electron chi connectivity index (χ1n) is 8.63. The Morgan fingerprint density at radius 3 is 2.37 bits per heavy atom. The Hall–Kier alpha value is -2.44. The van der Waals surface area contributed by atoms with E-state index in [4.69, 9.17) is 17.3 Å². The number of aliphatic hydroxyl groups is 1. The molecule has 2 rings (SSSR count). The molecule has 0 aliphatic carbocycles. The third-order valence-corrected chi connectivity index (χ3v) is 4.71. The lowest BCUT2D eigenvalue weighted by molar-refractivity contribution is -0.121. The lowest BCUT2D eigenvalue weighted by atomic mass is 9.91. The minimum Gasteiger partial charge on any atom is -0.386 e. The summed E-state index contributed by atoms with van der Waals surface area (Å²) < 4.78 is 0. The molecule has 2 unspecified atom stereocenters. The SMILES string of the molecule is CC(C)C(=O)N(C)c1cc(C(N)=O)cc(C(C)C(O)c2ccc(Cl)cn2)c1. The van der Waals surface area contributed by atoms with E-state index in [1.165, 1.54) is 11.1 Å². The number of rotatable bonds is 6. The van der Waals surface area contributed by atoms with Gasteiger partial charge in [-0.1, -0.05) is 32.4 Å². The van der Waals surface area contributed by atoms with Crippen LogP contribution in [-0.4, -0.2) is 29.0 Å². The van der Waals surface area contributed by atoms with Gasteiger partial charge in [0.25, 0.3) is 0 Å². The van der Waals surface area contributed by atoms with Crippen LogP contribution < -0.4 is 10.6 Å². The molecule has 2 atom stereocenters. The highest BCUT2D eigenvalue weighted by Gasteiger charge is 2.23. The molecule has 1 heterocycles. The van der Waals surface area contributed by atoms with Crippen molar-refractivity contribution >= 4 is 29.1 Å². The van der Waals surface area contributed by atoms with Gasteiger partial charge in [0, 0.05) is 36.3 Å². The lowest BCUT2D eigenvalue weighted by Gasteiger charge is -2.24. The zero-order valence-electron chi connectivity index (χ0n) is 15.8. The van der Waals surface area contributed by atoms with Gasteiger partial charge in [0.1, 0.15) is 6.10 Å². The van der Waals surface area contributed by atoms with Crippen LogP contribution in [-0.2, 0) is 4.79 Å². The van der Waals surface area contributed by atoms with E-state index in [0.717, 1.165) is 0 Å². The van der Waals surface area contributed by atoms with Gasteiger partial charge in [-0.3, -0.25) is 14.6 Å². The summed E-state index contributed by atoms with van der Waals surface area (Å²) in [7, 11) is 1.65. The number of anilines is 1. The highest BCUT2D eigenvalue weighted by Crippen LogP contribution is 2.33. The minimum absolute atomic E-state index is 0.0878. The normalized spacial score (nSPS) is 13.3. The van der Waals surface area contributed by atoms with E-state index in [2.05, 4.69) is 4.98 Å². The number of benzene rings is 1. The summed E-state index contributed by atoms with van der Waals surface area (Å²) in [4.78, 5) is 29.7. The maximum atomic E-state index is 12.3. The molecule has 1 aromatic carbocycles. The van der Waals surface area contributed by atoms with Crippen molar-refractivity contribution in [3.05, 3.63) is 58.4 Å². The molecule has 7 heteroatoms. The van der Waals surface area contributed by atoms with E-state index in [0.29, 0.717) is 22.0 Å². The molecule has 144 valence electrons. The van der Waals surface area contributed by atoms with Crippen molar-refractivity contribution in [2.45, 2.75) is 32.8 Å². The van der Waals surface area contributed by atoms with Crippen molar-refractivity contribution < 1.29 is 14.7 Å². The number of amides is 2. The van der Waals surface area contributed by atoms with Crippen LogP contribution in [0.1, 0.15) is 54.4 Å². The summed E-state index contributed by atoms with van der Waals surface area (Å²) in [6.07, 6.45) is 0.553. The highest BCUT2D eigenvalue weighted by molar-refractivity contribution is 6.30. The topological polar surface area (TPSA) is 96.5 Å². The van der Waals surface area contributed by atoms with Crippen LogP contribution in [0.25, 0.3) is 0 Å². The molecular weight excluding hydrogens is 366 g/mol. The van der Waals surface area contributed by atoms with E-state index < -0.39 is 12.0 Å². The fraction of sp³-hybridized carbons (Fsp3) is 0.350. The van der Waals surface area contributed by atoms with E-state index in [1.807, 2.05) is 6.92 Å². The third kappa shape index (κ3) is 4.84. The number of aromatic nitrogens is 1. The molecule has 27 heavy (non-hydrogen) atoms. The quantitative estimate of drug-likeness (QED) is 0.792. The number of carbonyl (C=O) groups is 2. The summed E-state index contributed by atoms with van der Waals surface area (Å²) >= 11 is 5.85. The van der Waals surface area contributed by atoms with Crippen molar-refractivity contribution in [1.29, 1.82) is 0 Å². The first-order valence-corrected chi connectivity index (χ1v) is 9.01. The third-order valence-electron chi connectivity index (χ3n) is 4.49. The average Bonchev–Trinajstić information content (AvgIpc) is 2.65. The second kappa shape index (κ2) is 8.50. The Labute approximate surface area is 164 Å². The van der Waals surface area contributed by atoms with Crippen LogP contribution in [0, 0.1) is 5.92 Å². The number of carbonyl (C=O) groups excluding carboxylic acids is 2. The smallest absolute Gasteiger partial charge is 0.248 e. The van der Waals surface area contributed by atoms with Gasteiger partial charge in [-0.2, -0.15) is 0 Å². The van der Waals surface area contributed by atoms with Crippen LogP contribution in [0.3, 0.4) is 0 Å². The number of pyridine rings is 1. The van der Waals surface area contributed by atoms with E-state index in [9.17, 15) is 14.7 Å². The van der Waals surface area contributed by atoms with Crippen LogP contribution in [0.5, 0.6) is 0 Å².